The smallest absolute Gasteiger partial charge is 0.326 e. The lowest BCUT2D eigenvalue weighted by molar-refractivity contribution is -0.139. The highest BCUT2D eigenvalue weighted by Gasteiger charge is 2.22. The molecule has 0 unspecified atom stereocenters. The lowest BCUT2D eigenvalue weighted by atomic mass is 10.0. The van der Waals surface area contributed by atoms with Gasteiger partial charge in [-0.1, -0.05) is 38.1 Å². The van der Waals surface area contributed by atoms with E-state index >= 15 is 0 Å². The predicted molar refractivity (Wildman–Crippen MR) is 104 cm³/mol. The third-order valence-electron chi connectivity index (χ3n) is 4.09. The average Bonchev–Trinajstić information content (AvgIpc) is 2.63. The number of carbonyl (C=O) groups excluding carboxylic acids is 2. The SMILES string of the molecule is Cc1ccc(C(=O)N[C@@H](CC(C)C)C(=O)O)cc1NC(=O)c1ccccc1. The summed E-state index contributed by atoms with van der Waals surface area (Å²) in [6.45, 7) is 5.61. The Kier molecular flexibility index (Phi) is 6.71. The van der Waals surface area contributed by atoms with Gasteiger partial charge in [-0.3, -0.25) is 9.59 Å². The van der Waals surface area contributed by atoms with Crippen LogP contribution in [0.3, 0.4) is 0 Å². The van der Waals surface area contributed by atoms with Crippen molar-refractivity contribution in [1.82, 2.24) is 5.32 Å². The second-order valence-corrected chi connectivity index (χ2v) is 6.84. The molecule has 6 heteroatoms. The maximum absolute atomic E-state index is 12.5. The summed E-state index contributed by atoms with van der Waals surface area (Å²) in [5.41, 5.74) is 2.11. The summed E-state index contributed by atoms with van der Waals surface area (Å²) in [5.74, 6) is -1.70. The molecule has 0 radical (unpaired) electrons. The van der Waals surface area contributed by atoms with Crippen molar-refractivity contribution in [3.05, 3.63) is 65.2 Å². The van der Waals surface area contributed by atoms with Gasteiger partial charge in [-0.2, -0.15) is 0 Å². The maximum atomic E-state index is 12.5. The third kappa shape index (κ3) is 5.67. The zero-order valence-corrected chi connectivity index (χ0v) is 15.7. The van der Waals surface area contributed by atoms with Crippen LogP contribution in [0.2, 0.25) is 0 Å². The minimum absolute atomic E-state index is 0.130. The number of rotatable bonds is 7. The van der Waals surface area contributed by atoms with Gasteiger partial charge in [-0.25, -0.2) is 4.79 Å². The van der Waals surface area contributed by atoms with Gasteiger partial charge in [-0.05, 0) is 49.1 Å². The number of hydrogen-bond donors (Lipinski definition) is 3. The Balaban J connectivity index is 2.17. The Morgan fingerprint density at radius 1 is 0.963 bits per heavy atom. The highest BCUT2D eigenvalue weighted by Crippen LogP contribution is 2.18. The summed E-state index contributed by atoms with van der Waals surface area (Å²) in [6, 6.07) is 12.7. The van der Waals surface area contributed by atoms with Gasteiger partial charge in [0, 0.05) is 16.8 Å². The second-order valence-electron chi connectivity index (χ2n) is 6.84. The molecule has 2 aromatic carbocycles. The highest BCUT2D eigenvalue weighted by atomic mass is 16.4. The summed E-state index contributed by atoms with van der Waals surface area (Å²) in [5, 5.41) is 14.6. The Labute approximate surface area is 158 Å². The number of anilines is 1. The molecule has 0 saturated heterocycles. The summed E-state index contributed by atoms with van der Waals surface area (Å²) in [7, 11) is 0. The summed E-state index contributed by atoms with van der Waals surface area (Å²) < 4.78 is 0. The zero-order valence-electron chi connectivity index (χ0n) is 15.7. The van der Waals surface area contributed by atoms with Crippen LogP contribution in [0.15, 0.2) is 48.5 Å². The number of amides is 2. The van der Waals surface area contributed by atoms with E-state index in [0.29, 0.717) is 23.2 Å². The number of aliphatic carboxylic acids is 1. The van der Waals surface area contributed by atoms with Crippen molar-refractivity contribution in [3.8, 4) is 0 Å². The first kappa shape index (κ1) is 20.2. The van der Waals surface area contributed by atoms with Crippen LogP contribution in [0.25, 0.3) is 0 Å². The van der Waals surface area contributed by atoms with Crippen molar-refractivity contribution in [2.75, 3.05) is 5.32 Å². The predicted octanol–water partition coefficient (Wildman–Crippen LogP) is 3.48. The number of nitrogens with one attached hydrogen (secondary N) is 2. The average molecular weight is 368 g/mol. The van der Waals surface area contributed by atoms with Gasteiger partial charge in [-0.15, -0.1) is 0 Å². The van der Waals surface area contributed by atoms with Gasteiger partial charge in [0.05, 0.1) is 0 Å². The molecule has 0 aliphatic heterocycles. The number of carboxylic acids is 1. The van der Waals surface area contributed by atoms with E-state index in [-0.39, 0.29) is 11.8 Å². The van der Waals surface area contributed by atoms with Crippen LogP contribution in [-0.2, 0) is 4.79 Å². The largest absolute Gasteiger partial charge is 0.480 e. The minimum atomic E-state index is -1.07. The quantitative estimate of drug-likeness (QED) is 0.697. The number of hydrogen-bond acceptors (Lipinski definition) is 3. The Morgan fingerprint density at radius 2 is 1.63 bits per heavy atom. The van der Waals surface area contributed by atoms with Crippen LogP contribution < -0.4 is 10.6 Å². The lowest BCUT2D eigenvalue weighted by Crippen LogP contribution is -2.41. The first-order valence-corrected chi connectivity index (χ1v) is 8.78. The normalized spacial score (nSPS) is 11.7. The molecule has 0 fully saturated rings. The van der Waals surface area contributed by atoms with Crippen molar-refractivity contribution in [2.24, 2.45) is 5.92 Å². The summed E-state index contributed by atoms with van der Waals surface area (Å²) in [6.07, 6.45) is 0.338. The zero-order chi connectivity index (χ0) is 20.0. The van der Waals surface area contributed by atoms with E-state index in [1.165, 1.54) is 0 Å². The van der Waals surface area contributed by atoms with E-state index in [1.54, 1.807) is 42.5 Å². The second kappa shape index (κ2) is 8.98. The standard InChI is InChI=1S/C21H24N2O4/c1-13(2)11-18(21(26)27)23-20(25)16-10-9-14(3)17(12-16)22-19(24)15-7-5-4-6-8-15/h4-10,12-13,18H,11H2,1-3H3,(H,22,24)(H,23,25)(H,26,27)/t18-/m0/s1. The number of carboxylic acid groups (broad SMARTS) is 1. The van der Waals surface area contributed by atoms with Gasteiger partial charge < -0.3 is 15.7 Å². The van der Waals surface area contributed by atoms with E-state index in [2.05, 4.69) is 10.6 Å². The molecular weight excluding hydrogens is 344 g/mol. The van der Waals surface area contributed by atoms with Crippen LogP contribution >= 0.6 is 0 Å². The van der Waals surface area contributed by atoms with Crippen molar-refractivity contribution in [2.45, 2.75) is 33.2 Å². The van der Waals surface area contributed by atoms with Crippen molar-refractivity contribution in [1.29, 1.82) is 0 Å². The van der Waals surface area contributed by atoms with E-state index in [9.17, 15) is 19.5 Å². The molecule has 0 aliphatic carbocycles. The van der Waals surface area contributed by atoms with Crippen LogP contribution in [-0.4, -0.2) is 28.9 Å². The molecule has 1 atom stereocenters. The Morgan fingerprint density at radius 3 is 2.22 bits per heavy atom. The molecule has 6 nitrogen and oxygen atoms in total. The fourth-order valence-electron chi connectivity index (χ4n) is 2.62. The van der Waals surface area contributed by atoms with Gasteiger partial charge in [0.15, 0.2) is 0 Å². The van der Waals surface area contributed by atoms with Crippen molar-refractivity contribution in [3.63, 3.8) is 0 Å². The monoisotopic (exact) mass is 368 g/mol. The van der Waals surface area contributed by atoms with E-state index in [4.69, 9.17) is 0 Å². The molecule has 27 heavy (non-hydrogen) atoms. The van der Waals surface area contributed by atoms with Crippen LogP contribution in [0.5, 0.6) is 0 Å². The van der Waals surface area contributed by atoms with Gasteiger partial charge in [0.25, 0.3) is 11.8 Å². The van der Waals surface area contributed by atoms with Crippen LogP contribution in [0.1, 0.15) is 46.5 Å². The minimum Gasteiger partial charge on any atom is -0.480 e. The first-order chi connectivity index (χ1) is 12.8. The maximum Gasteiger partial charge on any atom is 0.326 e. The molecule has 3 N–H and O–H groups in total. The van der Waals surface area contributed by atoms with Gasteiger partial charge >= 0.3 is 5.97 Å². The molecule has 2 aromatic rings. The molecule has 0 spiro atoms. The number of benzene rings is 2. The molecule has 0 aliphatic rings. The molecule has 2 rings (SSSR count). The highest BCUT2D eigenvalue weighted by molar-refractivity contribution is 6.05. The van der Waals surface area contributed by atoms with Crippen molar-refractivity contribution < 1.29 is 19.5 Å². The molecule has 2 amide bonds. The molecule has 0 bridgehead atoms. The van der Waals surface area contributed by atoms with Crippen LogP contribution in [0.4, 0.5) is 5.69 Å². The number of aryl methyl sites for hydroxylation is 1. The topological polar surface area (TPSA) is 95.5 Å². The molecule has 0 heterocycles. The summed E-state index contributed by atoms with van der Waals surface area (Å²) >= 11 is 0. The summed E-state index contributed by atoms with van der Waals surface area (Å²) in [4.78, 5) is 36.2. The lowest BCUT2D eigenvalue weighted by Gasteiger charge is -2.17. The molecule has 0 saturated carbocycles. The van der Waals surface area contributed by atoms with Crippen LogP contribution in [0, 0.1) is 12.8 Å². The third-order valence-corrected chi connectivity index (χ3v) is 4.09. The molecular formula is C21H24N2O4. The van der Waals surface area contributed by atoms with Crippen molar-refractivity contribution >= 4 is 23.5 Å². The molecule has 142 valence electrons. The fourth-order valence-corrected chi connectivity index (χ4v) is 2.62. The molecule has 0 aromatic heterocycles. The Bertz CT molecular complexity index is 831. The van der Waals surface area contributed by atoms with Gasteiger partial charge in [0.1, 0.15) is 6.04 Å². The van der Waals surface area contributed by atoms with Gasteiger partial charge in [0.2, 0.25) is 0 Å². The van der Waals surface area contributed by atoms with E-state index in [1.807, 2.05) is 26.8 Å². The number of carbonyl (C=O) groups is 3. The van der Waals surface area contributed by atoms with E-state index in [0.717, 1.165) is 5.56 Å². The first-order valence-electron chi connectivity index (χ1n) is 8.78. The van der Waals surface area contributed by atoms with E-state index < -0.39 is 17.9 Å². The fraction of sp³-hybridized carbons (Fsp3) is 0.286. The Hall–Kier alpha value is -3.15.